The van der Waals surface area contributed by atoms with Crippen molar-refractivity contribution in [2.75, 3.05) is 0 Å². The van der Waals surface area contributed by atoms with E-state index in [-0.39, 0.29) is 11.0 Å². The minimum atomic E-state index is -1.35. The van der Waals surface area contributed by atoms with Gasteiger partial charge in [0.05, 0.1) is 0 Å². The average molecular weight is 232 g/mol. The predicted octanol–water partition coefficient (Wildman–Crippen LogP) is 1.53. The molecule has 0 saturated heterocycles. The van der Waals surface area contributed by atoms with Crippen molar-refractivity contribution in [1.82, 2.24) is 5.32 Å². The Kier molecular flexibility index (Phi) is 3.04. The Morgan fingerprint density at radius 2 is 2.07 bits per heavy atom. The van der Waals surface area contributed by atoms with Gasteiger partial charge in [-0.25, -0.2) is 4.79 Å². The van der Waals surface area contributed by atoms with Gasteiger partial charge in [0.1, 0.15) is 5.54 Å². The molecule has 0 aliphatic heterocycles. The molecular formula is C9H10ClNO4. The van der Waals surface area contributed by atoms with Crippen molar-refractivity contribution in [1.29, 1.82) is 0 Å². The Hall–Kier alpha value is -1.49. The molecule has 0 spiro atoms. The van der Waals surface area contributed by atoms with Crippen LogP contribution >= 0.6 is 11.6 Å². The van der Waals surface area contributed by atoms with Crippen molar-refractivity contribution < 1.29 is 19.1 Å². The summed E-state index contributed by atoms with van der Waals surface area (Å²) < 4.78 is 4.83. The van der Waals surface area contributed by atoms with Crippen LogP contribution in [0.2, 0.25) is 5.22 Å². The number of carboxylic acid groups (broad SMARTS) is 1. The minimum Gasteiger partial charge on any atom is -0.480 e. The van der Waals surface area contributed by atoms with E-state index in [1.807, 2.05) is 0 Å². The maximum absolute atomic E-state index is 11.5. The fourth-order valence-electron chi connectivity index (χ4n) is 0.835. The first-order valence-corrected chi connectivity index (χ1v) is 4.52. The molecule has 15 heavy (non-hydrogen) atoms. The number of furan rings is 1. The Bertz CT molecular complexity index is 397. The number of halogens is 1. The molecule has 1 aromatic heterocycles. The monoisotopic (exact) mass is 231 g/mol. The van der Waals surface area contributed by atoms with E-state index in [0.29, 0.717) is 0 Å². The van der Waals surface area contributed by atoms with Crippen LogP contribution in [0.3, 0.4) is 0 Å². The summed E-state index contributed by atoms with van der Waals surface area (Å²) >= 11 is 5.48. The summed E-state index contributed by atoms with van der Waals surface area (Å²) in [6, 6.07) is 2.78. The van der Waals surface area contributed by atoms with Crippen LogP contribution in [0.15, 0.2) is 16.5 Å². The molecule has 0 atom stereocenters. The number of nitrogens with one attached hydrogen (secondary N) is 1. The van der Waals surface area contributed by atoms with Gasteiger partial charge in [-0.05, 0) is 37.6 Å². The van der Waals surface area contributed by atoms with E-state index in [9.17, 15) is 9.59 Å². The first-order valence-electron chi connectivity index (χ1n) is 4.14. The molecule has 0 radical (unpaired) electrons. The largest absolute Gasteiger partial charge is 0.480 e. The van der Waals surface area contributed by atoms with Crippen LogP contribution < -0.4 is 5.32 Å². The molecule has 1 heterocycles. The fraction of sp³-hybridized carbons (Fsp3) is 0.333. The topological polar surface area (TPSA) is 79.5 Å². The summed E-state index contributed by atoms with van der Waals surface area (Å²) in [7, 11) is 0. The van der Waals surface area contributed by atoms with E-state index in [1.165, 1.54) is 26.0 Å². The maximum atomic E-state index is 11.5. The molecule has 0 fully saturated rings. The number of carbonyl (C=O) groups excluding carboxylic acids is 1. The van der Waals surface area contributed by atoms with Gasteiger partial charge in [0.15, 0.2) is 11.0 Å². The van der Waals surface area contributed by atoms with E-state index < -0.39 is 17.4 Å². The molecule has 0 saturated carbocycles. The van der Waals surface area contributed by atoms with Crippen molar-refractivity contribution in [2.24, 2.45) is 0 Å². The number of hydrogen-bond acceptors (Lipinski definition) is 3. The van der Waals surface area contributed by atoms with Crippen LogP contribution in [-0.4, -0.2) is 22.5 Å². The first kappa shape index (κ1) is 11.6. The highest BCUT2D eigenvalue weighted by Crippen LogP contribution is 2.14. The maximum Gasteiger partial charge on any atom is 0.328 e. The van der Waals surface area contributed by atoms with Gasteiger partial charge in [-0.2, -0.15) is 0 Å². The third kappa shape index (κ3) is 2.73. The lowest BCUT2D eigenvalue weighted by molar-refractivity contribution is -0.143. The van der Waals surface area contributed by atoms with Crippen LogP contribution in [0.4, 0.5) is 0 Å². The van der Waals surface area contributed by atoms with Crippen LogP contribution in [0.1, 0.15) is 24.4 Å². The van der Waals surface area contributed by atoms with Crippen LogP contribution in [0.5, 0.6) is 0 Å². The van der Waals surface area contributed by atoms with Crippen molar-refractivity contribution in [2.45, 2.75) is 19.4 Å². The van der Waals surface area contributed by atoms with E-state index in [1.54, 1.807) is 0 Å². The number of carbonyl (C=O) groups is 2. The molecule has 82 valence electrons. The lowest BCUT2D eigenvalue weighted by Crippen LogP contribution is -2.49. The molecule has 1 aromatic rings. The van der Waals surface area contributed by atoms with Crippen LogP contribution in [-0.2, 0) is 4.79 Å². The van der Waals surface area contributed by atoms with Crippen molar-refractivity contribution in [3.63, 3.8) is 0 Å². The van der Waals surface area contributed by atoms with Crippen molar-refractivity contribution >= 4 is 23.5 Å². The van der Waals surface area contributed by atoms with Gasteiger partial charge >= 0.3 is 5.97 Å². The second-order valence-electron chi connectivity index (χ2n) is 3.49. The van der Waals surface area contributed by atoms with Gasteiger partial charge in [-0.1, -0.05) is 0 Å². The standard InChI is InChI=1S/C9H10ClNO4/c1-9(2,8(13)14)11-7(12)5-3-4-6(10)15-5/h3-4H,1-2H3,(H,11,12)(H,13,14). The van der Waals surface area contributed by atoms with Gasteiger partial charge in [0, 0.05) is 0 Å². The molecule has 0 aliphatic carbocycles. The third-order valence-electron chi connectivity index (χ3n) is 1.76. The lowest BCUT2D eigenvalue weighted by atomic mass is 10.1. The van der Waals surface area contributed by atoms with E-state index in [0.717, 1.165) is 0 Å². The zero-order valence-corrected chi connectivity index (χ0v) is 8.96. The van der Waals surface area contributed by atoms with E-state index >= 15 is 0 Å². The Morgan fingerprint density at radius 1 is 1.47 bits per heavy atom. The lowest BCUT2D eigenvalue weighted by Gasteiger charge is -2.19. The van der Waals surface area contributed by atoms with Crippen molar-refractivity contribution in [3.05, 3.63) is 23.1 Å². The molecule has 0 aliphatic rings. The molecule has 5 nitrogen and oxygen atoms in total. The second-order valence-corrected chi connectivity index (χ2v) is 3.86. The smallest absolute Gasteiger partial charge is 0.328 e. The summed E-state index contributed by atoms with van der Waals surface area (Å²) in [6.45, 7) is 2.75. The van der Waals surface area contributed by atoms with Gasteiger partial charge in [0.25, 0.3) is 5.91 Å². The first-order chi connectivity index (χ1) is 6.83. The normalized spacial score (nSPS) is 11.1. The molecule has 1 rings (SSSR count). The number of aliphatic carboxylic acids is 1. The highest BCUT2D eigenvalue weighted by Gasteiger charge is 2.30. The van der Waals surface area contributed by atoms with Crippen molar-refractivity contribution in [3.8, 4) is 0 Å². The number of rotatable bonds is 3. The summed E-state index contributed by atoms with van der Waals surface area (Å²) in [5.74, 6) is -1.77. The Labute approximate surface area is 91.0 Å². The number of amides is 1. The van der Waals surface area contributed by atoms with Crippen LogP contribution in [0.25, 0.3) is 0 Å². The number of carboxylic acids is 1. The van der Waals surface area contributed by atoms with Gasteiger partial charge < -0.3 is 14.8 Å². The highest BCUT2D eigenvalue weighted by molar-refractivity contribution is 6.29. The van der Waals surface area contributed by atoms with Gasteiger partial charge in [-0.3, -0.25) is 4.79 Å². The summed E-state index contributed by atoms with van der Waals surface area (Å²) in [4.78, 5) is 22.2. The van der Waals surface area contributed by atoms with Gasteiger partial charge in [0.2, 0.25) is 0 Å². The summed E-state index contributed by atoms with van der Waals surface area (Å²) in [5.41, 5.74) is -1.35. The summed E-state index contributed by atoms with van der Waals surface area (Å²) in [6.07, 6.45) is 0. The summed E-state index contributed by atoms with van der Waals surface area (Å²) in [5, 5.41) is 11.1. The molecule has 1 amide bonds. The molecule has 0 bridgehead atoms. The third-order valence-corrected chi connectivity index (χ3v) is 1.96. The van der Waals surface area contributed by atoms with Gasteiger partial charge in [-0.15, -0.1) is 0 Å². The number of hydrogen-bond donors (Lipinski definition) is 2. The molecule has 0 unspecified atom stereocenters. The molecule has 2 N–H and O–H groups in total. The van der Waals surface area contributed by atoms with E-state index in [4.69, 9.17) is 21.1 Å². The zero-order valence-electron chi connectivity index (χ0n) is 8.20. The molecule has 0 aromatic carbocycles. The highest BCUT2D eigenvalue weighted by atomic mass is 35.5. The molecule has 6 heteroatoms. The predicted molar refractivity (Wildman–Crippen MR) is 52.9 cm³/mol. The zero-order chi connectivity index (χ0) is 11.6. The Balaban J connectivity index is 2.76. The quantitative estimate of drug-likeness (QED) is 0.827. The van der Waals surface area contributed by atoms with Crippen LogP contribution in [0, 0.1) is 0 Å². The van der Waals surface area contributed by atoms with E-state index in [2.05, 4.69) is 5.32 Å². The minimum absolute atomic E-state index is 0.0191. The fourth-order valence-corrected chi connectivity index (χ4v) is 0.981. The average Bonchev–Trinajstić information content (AvgIpc) is 2.50. The SMILES string of the molecule is CC(C)(NC(=O)c1ccc(Cl)o1)C(=O)O. The Morgan fingerprint density at radius 3 is 2.47 bits per heavy atom. The molecular weight excluding hydrogens is 222 g/mol. The second kappa shape index (κ2) is 3.94.